The molecular formula is C36H33F2N5O. The zero-order valence-corrected chi connectivity index (χ0v) is 24.5. The summed E-state index contributed by atoms with van der Waals surface area (Å²) in [6, 6.07) is 26.3. The number of aryl methyl sites for hydroxylation is 1. The molecule has 0 unspecified atom stereocenters. The molecule has 0 bridgehead atoms. The minimum absolute atomic E-state index is 0.0338. The van der Waals surface area contributed by atoms with E-state index in [-0.39, 0.29) is 23.5 Å². The lowest BCUT2D eigenvalue weighted by molar-refractivity contribution is 0.0701. The van der Waals surface area contributed by atoms with Crippen LogP contribution in [-0.2, 0) is 6.54 Å². The van der Waals surface area contributed by atoms with E-state index in [9.17, 15) is 13.6 Å². The number of nitrogens with one attached hydrogen (secondary N) is 1. The van der Waals surface area contributed by atoms with E-state index in [1.807, 2.05) is 35.2 Å². The Hall–Kier alpha value is -5.11. The first-order valence-corrected chi connectivity index (χ1v) is 14.7. The minimum Gasteiger partial charge on any atom is -0.341 e. The number of piperidine rings is 1. The maximum atomic E-state index is 14.0. The summed E-state index contributed by atoms with van der Waals surface area (Å²) in [4.78, 5) is 26.4. The van der Waals surface area contributed by atoms with Crippen LogP contribution in [0.5, 0.6) is 0 Å². The number of benzene rings is 4. The number of rotatable bonds is 8. The topological polar surface area (TPSA) is 61.4 Å². The summed E-state index contributed by atoms with van der Waals surface area (Å²) >= 11 is 0. The molecule has 5 aromatic rings. The molecule has 0 aliphatic carbocycles. The van der Waals surface area contributed by atoms with E-state index < -0.39 is 0 Å². The van der Waals surface area contributed by atoms with E-state index in [2.05, 4.69) is 45.8 Å². The van der Waals surface area contributed by atoms with Crippen LogP contribution in [0.25, 0.3) is 10.9 Å². The zero-order valence-electron chi connectivity index (χ0n) is 24.5. The Morgan fingerprint density at radius 1 is 0.955 bits per heavy atom. The number of aromatic nitrogens is 2. The molecule has 6 nitrogen and oxygen atoms in total. The van der Waals surface area contributed by atoms with Crippen molar-refractivity contribution in [2.24, 2.45) is 5.92 Å². The molecule has 1 fully saturated rings. The van der Waals surface area contributed by atoms with Crippen molar-refractivity contribution >= 4 is 34.1 Å². The number of para-hydroxylation sites is 1. The van der Waals surface area contributed by atoms with Crippen molar-refractivity contribution in [2.75, 3.05) is 23.3 Å². The number of anilines is 3. The SMILES string of the molecule is C=C(C1CCN(C(=O)c2ccc3nc(Nc4cccc(F)c4)ncc3c2)CC1)N(Cc1cccc(F)c1)c1ccccc1C. The van der Waals surface area contributed by atoms with E-state index in [1.54, 1.807) is 36.5 Å². The molecule has 1 aromatic heterocycles. The molecule has 44 heavy (non-hydrogen) atoms. The summed E-state index contributed by atoms with van der Waals surface area (Å²) < 4.78 is 27.5. The zero-order chi connectivity index (χ0) is 30.6. The summed E-state index contributed by atoms with van der Waals surface area (Å²) in [5.74, 6) is -0.109. The third kappa shape index (κ3) is 6.44. The Kier molecular flexibility index (Phi) is 8.32. The average Bonchev–Trinajstić information content (AvgIpc) is 3.03. The second kappa shape index (κ2) is 12.6. The molecule has 4 aromatic carbocycles. The number of hydrogen-bond donors (Lipinski definition) is 1. The van der Waals surface area contributed by atoms with Gasteiger partial charge in [0, 0.05) is 59.8 Å². The molecule has 1 amide bonds. The Morgan fingerprint density at radius 3 is 2.45 bits per heavy atom. The standard InChI is InChI=1S/C36H33F2N5O/c1-24-7-3-4-12-34(24)43(23-26-8-5-9-30(37)19-26)25(2)27-15-17-42(18-16-27)35(44)28-13-14-33-29(20-28)22-39-36(41-33)40-32-11-6-10-31(38)21-32/h3-14,19-22,27H,2,15-18,23H2,1H3,(H,39,40,41). The Bertz CT molecular complexity index is 1830. The van der Waals surface area contributed by atoms with Crippen molar-refractivity contribution in [2.45, 2.75) is 26.3 Å². The highest BCUT2D eigenvalue weighted by Gasteiger charge is 2.28. The second-order valence-corrected chi connectivity index (χ2v) is 11.2. The number of halogens is 2. The van der Waals surface area contributed by atoms with Crippen LogP contribution in [0, 0.1) is 24.5 Å². The predicted octanol–water partition coefficient (Wildman–Crippen LogP) is 8.03. The van der Waals surface area contributed by atoms with E-state index in [1.165, 1.54) is 18.2 Å². The molecule has 1 aliphatic rings. The fourth-order valence-electron chi connectivity index (χ4n) is 5.77. The second-order valence-electron chi connectivity index (χ2n) is 11.2. The highest BCUT2D eigenvalue weighted by atomic mass is 19.1. The van der Waals surface area contributed by atoms with Gasteiger partial charge >= 0.3 is 0 Å². The summed E-state index contributed by atoms with van der Waals surface area (Å²) in [6.07, 6.45) is 3.22. The minimum atomic E-state index is -0.347. The maximum absolute atomic E-state index is 14.0. The van der Waals surface area contributed by atoms with Gasteiger partial charge < -0.3 is 15.1 Å². The Morgan fingerprint density at radius 2 is 1.70 bits per heavy atom. The van der Waals surface area contributed by atoms with E-state index in [0.29, 0.717) is 42.4 Å². The third-order valence-corrected chi connectivity index (χ3v) is 8.14. The van der Waals surface area contributed by atoms with Gasteiger partial charge in [-0.25, -0.2) is 18.7 Å². The average molecular weight is 590 g/mol. The number of allylic oxidation sites excluding steroid dienone is 1. The first-order valence-electron chi connectivity index (χ1n) is 14.7. The van der Waals surface area contributed by atoms with Crippen molar-refractivity contribution in [3.05, 3.63) is 138 Å². The molecule has 1 N–H and O–H groups in total. The monoisotopic (exact) mass is 589 g/mol. The summed E-state index contributed by atoms with van der Waals surface area (Å²) in [7, 11) is 0. The van der Waals surface area contributed by atoms with Crippen molar-refractivity contribution < 1.29 is 13.6 Å². The molecule has 0 saturated carbocycles. The van der Waals surface area contributed by atoms with Crippen molar-refractivity contribution in [1.29, 1.82) is 0 Å². The smallest absolute Gasteiger partial charge is 0.253 e. The van der Waals surface area contributed by atoms with Gasteiger partial charge in [0.25, 0.3) is 5.91 Å². The first-order chi connectivity index (χ1) is 21.3. The number of nitrogens with zero attached hydrogens (tertiary/aromatic N) is 4. The van der Waals surface area contributed by atoms with Gasteiger partial charge in [-0.1, -0.05) is 43.0 Å². The summed E-state index contributed by atoms with van der Waals surface area (Å²) in [5.41, 5.74) is 5.83. The molecule has 2 heterocycles. The van der Waals surface area contributed by atoms with Crippen molar-refractivity contribution in [3.8, 4) is 0 Å². The number of carbonyl (C=O) groups is 1. The Labute approximate surface area is 255 Å². The van der Waals surface area contributed by atoms with E-state index >= 15 is 0 Å². The lowest BCUT2D eigenvalue weighted by Crippen LogP contribution is -2.40. The van der Waals surface area contributed by atoms with Crippen molar-refractivity contribution in [3.63, 3.8) is 0 Å². The van der Waals surface area contributed by atoms with Crippen molar-refractivity contribution in [1.82, 2.24) is 14.9 Å². The first kappa shape index (κ1) is 29.0. The van der Waals surface area contributed by atoms with Crippen LogP contribution in [0.1, 0.15) is 34.3 Å². The van der Waals surface area contributed by atoms with Gasteiger partial charge in [0.1, 0.15) is 11.6 Å². The number of hydrogen-bond acceptors (Lipinski definition) is 5. The van der Waals surface area contributed by atoms with Gasteiger partial charge in [0.05, 0.1) is 5.52 Å². The molecule has 1 saturated heterocycles. The van der Waals surface area contributed by atoms with Gasteiger partial charge in [0.2, 0.25) is 5.95 Å². The predicted molar refractivity (Wildman–Crippen MR) is 171 cm³/mol. The van der Waals surface area contributed by atoms with Crippen LogP contribution in [0.15, 0.2) is 109 Å². The highest BCUT2D eigenvalue weighted by Crippen LogP contribution is 2.33. The molecule has 0 radical (unpaired) electrons. The lowest BCUT2D eigenvalue weighted by atomic mass is 9.92. The van der Waals surface area contributed by atoms with E-state index in [0.717, 1.165) is 40.7 Å². The van der Waals surface area contributed by atoms with E-state index in [4.69, 9.17) is 0 Å². The summed E-state index contributed by atoms with van der Waals surface area (Å²) in [6.45, 7) is 8.30. The molecule has 0 atom stereocenters. The fourth-order valence-corrected chi connectivity index (χ4v) is 5.77. The molecule has 8 heteroatoms. The number of fused-ring (bicyclic) bond motifs is 1. The fraction of sp³-hybridized carbons (Fsp3) is 0.194. The summed E-state index contributed by atoms with van der Waals surface area (Å²) in [5, 5.41) is 3.76. The lowest BCUT2D eigenvalue weighted by Gasteiger charge is -2.38. The van der Waals surface area contributed by atoms with Crippen LogP contribution in [0.4, 0.5) is 26.1 Å². The van der Waals surface area contributed by atoms with Gasteiger partial charge in [0.15, 0.2) is 0 Å². The van der Waals surface area contributed by atoms with Crippen LogP contribution in [0.3, 0.4) is 0 Å². The van der Waals surface area contributed by atoms with Crippen LogP contribution >= 0.6 is 0 Å². The number of likely N-dealkylation sites (tertiary alicyclic amines) is 1. The van der Waals surface area contributed by atoms with Gasteiger partial charge in [-0.15, -0.1) is 0 Å². The molecule has 1 aliphatic heterocycles. The number of amides is 1. The number of carbonyl (C=O) groups excluding carboxylic acids is 1. The normalized spacial score (nSPS) is 13.6. The third-order valence-electron chi connectivity index (χ3n) is 8.14. The van der Waals surface area contributed by atoms with Crippen LogP contribution in [-0.4, -0.2) is 33.9 Å². The Balaban J connectivity index is 1.13. The van der Waals surface area contributed by atoms with Crippen LogP contribution in [0.2, 0.25) is 0 Å². The molecular weight excluding hydrogens is 556 g/mol. The molecule has 6 rings (SSSR count). The quantitative estimate of drug-likeness (QED) is 0.199. The molecule has 0 spiro atoms. The molecule has 222 valence electrons. The largest absolute Gasteiger partial charge is 0.341 e. The van der Waals surface area contributed by atoms with Gasteiger partial charge in [-0.2, -0.15) is 0 Å². The van der Waals surface area contributed by atoms with Gasteiger partial charge in [-0.3, -0.25) is 4.79 Å². The maximum Gasteiger partial charge on any atom is 0.253 e. The highest BCUT2D eigenvalue weighted by molar-refractivity contribution is 5.98. The van der Waals surface area contributed by atoms with Gasteiger partial charge in [-0.05, 0) is 85.5 Å². The van der Waals surface area contributed by atoms with Crippen LogP contribution < -0.4 is 10.2 Å².